The molecule has 0 aromatic rings. The van der Waals surface area contributed by atoms with Crippen LogP contribution in [0.2, 0.25) is 0 Å². The minimum Gasteiger partial charge on any atom is -0.479 e. The van der Waals surface area contributed by atoms with Gasteiger partial charge in [0.2, 0.25) is 0 Å². The molecular formula is C16H28O12. The Hall–Kier alpha value is -0.930. The third-order valence-electron chi connectivity index (χ3n) is 5.25. The summed E-state index contributed by atoms with van der Waals surface area (Å²) < 4.78 is 20.7. The van der Waals surface area contributed by atoms with Gasteiger partial charge in [0.05, 0.1) is 19.3 Å². The van der Waals surface area contributed by atoms with Gasteiger partial charge in [-0.25, -0.2) is 4.79 Å². The zero-order chi connectivity index (χ0) is 21.2. The first-order valence-corrected chi connectivity index (χ1v) is 8.85. The van der Waals surface area contributed by atoms with Gasteiger partial charge in [0.25, 0.3) is 0 Å². The van der Waals surface area contributed by atoms with Gasteiger partial charge < -0.3 is 54.7 Å². The molecule has 12 nitrogen and oxygen atoms in total. The molecule has 0 bridgehead atoms. The van der Waals surface area contributed by atoms with Crippen LogP contribution in [-0.4, -0.2) is 117 Å². The van der Waals surface area contributed by atoms with Crippen LogP contribution >= 0.6 is 0 Å². The van der Waals surface area contributed by atoms with E-state index >= 15 is 0 Å². The van der Waals surface area contributed by atoms with E-state index in [0.29, 0.717) is 0 Å². The minimum absolute atomic E-state index is 0.221. The molecule has 2 fully saturated rings. The first kappa shape index (κ1) is 23.3. The second-order valence-corrected chi connectivity index (χ2v) is 6.98. The van der Waals surface area contributed by atoms with Gasteiger partial charge in [-0.1, -0.05) is 6.92 Å². The average Bonchev–Trinajstić information content (AvgIpc) is 2.67. The Kier molecular flexibility index (Phi) is 7.72. The molecule has 2 rings (SSSR count). The summed E-state index contributed by atoms with van der Waals surface area (Å²) in [6.07, 6.45) is -12.3. The van der Waals surface area contributed by atoms with E-state index < -0.39 is 79.9 Å². The first-order chi connectivity index (χ1) is 13.1. The van der Waals surface area contributed by atoms with Gasteiger partial charge in [-0.2, -0.15) is 0 Å². The number of carboxylic acids is 1. The molecule has 6 unspecified atom stereocenters. The number of aliphatic hydroxyl groups excluding tert-OH is 5. The number of hydrogen-bond donors (Lipinski definition) is 7. The number of aliphatic carboxylic acids is 1. The molecule has 0 aromatic heterocycles. The lowest BCUT2D eigenvalue weighted by molar-refractivity contribution is -0.360. The Bertz CT molecular complexity index is 528. The van der Waals surface area contributed by atoms with E-state index in [4.69, 9.17) is 18.9 Å². The largest absolute Gasteiger partial charge is 0.479 e. The number of hydrogen-bond acceptors (Lipinski definition) is 11. The SMILES string of the molecule is CC[C@@H]1C(C(=O)O)O[C@@H](OCC2(O)C(O)[C@H](O)C(CO)O[C@@H]2OC)C(O)C1O. The normalized spacial score (nSPS) is 47.1. The van der Waals surface area contributed by atoms with Gasteiger partial charge in [-0.05, 0) is 6.42 Å². The number of aliphatic hydroxyl groups is 6. The van der Waals surface area contributed by atoms with Crippen molar-refractivity contribution in [3.63, 3.8) is 0 Å². The molecule has 164 valence electrons. The third-order valence-corrected chi connectivity index (χ3v) is 5.25. The first-order valence-electron chi connectivity index (χ1n) is 8.85. The van der Waals surface area contributed by atoms with E-state index in [2.05, 4.69) is 0 Å². The van der Waals surface area contributed by atoms with Gasteiger partial charge >= 0.3 is 5.97 Å². The maximum atomic E-state index is 11.4. The molecule has 2 heterocycles. The van der Waals surface area contributed by atoms with E-state index in [0.717, 1.165) is 7.11 Å². The number of methoxy groups -OCH3 is 1. The second-order valence-electron chi connectivity index (χ2n) is 6.98. The molecule has 7 N–H and O–H groups in total. The summed E-state index contributed by atoms with van der Waals surface area (Å²) in [5.74, 6) is -2.24. The lowest BCUT2D eigenvalue weighted by Gasteiger charge is -2.48. The van der Waals surface area contributed by atoms with Crippen molar-refractivity contribution < 1.29 is 59.5 Å². The highest BCUT2D eigenvalue weighted by molar-refractivity contribution is 5.73. The molecule has 2 aliphatic rings. The maximum Gasteiger partial charge on any atom is 0.333 e. The molecule has 2 saturated heterocycles. The standard InChI is InChI=1S/C16H28O12/c1-3-6-8(18)10(20)14(28-11(6)13(22)23)26-5-16(24)12(21)9(19)7(4-17)27-15(16)25-2/h6-12,14-15,17-21,24H,3-5H2,1-2H3,(H,22,23)/t6-,7?,8?,9+,10?,11?,12?,14+,15-,16?/m0/s1. The van der Waals surface area contributed by atoms with Crippen molar-refractivity contribution in [2.75, 3.05) is 20.3 Å². The van der Waals surface area contributed by atoms with Crippen molar-refractivity contribution in [3.05, 3.63) is 0 Å². The fourth-order valence-electron chi connectivity index (χ4n) is 3.53. The highest BCUT2D eigenvalue weighted by atomic mass is 16.7. The zero-order valence-electron chi connectivity index (χ0n) is 15.5. The molecule has 28 heavy (non-hydrogen) atoms. The van der Waals surface area contributed by atoms with Gasteiger partial charge in [-0.3, -0.25) is 0 Å². The van der Waals surface area contributed by atoms with E-state index in [1.807, 2.05) is 0 Å². The van der Waals surface area contributed by atoms with Crippen molar-refractivity contribution in [3.8, 4) is 0 Å². The quantitative estimate of drug-likeness (QED) is 0.217. The highest BCUT2D eigenvalue weighted by Crippen LogP contribution is 2.34. The van der Waals surface area contributed by atoms with Crippen LogP contribution < -0.4 is 0 Å². The van der Waals surface area contributed by atoms with Gasteiger partial charge in [0, 0.05) is 13.0 Å². The van der Waals surface area contributed by atoms with Crippen LogP contribution in [0, 0.1) is 5.92 Å². The smallest absolute Gasteiger partial charge is 0.333 e. The third kappa shape index (κ3) is 4.16. The molecule has 0 spiro atoms. The highest BCUT2D eigenvalue weighted by Gasteiger charge is 2.56. The Balaban J connectivity index is 2.15. The van der Waals surface area contributed by atoms with Crippen LogP contribution in [0.1, 0.15) is 13.3 Å². The van der Waals surface area contributed by atoms with Gasteiger partial charge in [0.1, 0.15) is 24.4 Å². The van der Waals surface area contributed by atoms with Crippen LogP contribution in [0.25, 0.3) is 0 Å². The van der Waals surface area contributed by atoms with Crippen LogP contribution in [0.3, 0.4) is 0 Å². The molecule has 10 atom stereocenters. The van der Waals surface area contributed by atoms with Crippen LogP contribution in [0.5, 0.6) is 0 Å². The van der Waals surface area contributed by atoms with E-state index in [1.54, 1.807) is 6.92 Å². The molecule has 0 saturated carbocycles. The maximum absolute atomic E-state index is 11.4. The van der Waals surface area contributed by atoms with Crippen LogP contribution in [-0.2, 0) is 23.7 Å². The predicted molar refractivity (Wildman–Crippen MR) is 87.8 cm³/mol. The molecule has 2 aliphatic heterocycles. The topological polar surface area (TPSA) is 196 Å². The second kappa shape index (κ2) is 9.26. The van der Waals surface area contributed by atoms with Crippen molar-refractivity contribution >= 4 is 5.97 Å². The lowest BCUT2D eigenvalue weighted by atomic mass is 9.86. The number of ether oxygens (including phenoxy) is 4. The minimum atomic E-state index is -2.34. The molecule has 12 heteroatoms. The van der Waals surface area contributed by atoms with Crippen LogP contribution in [0.15, 0.2) is 0 Å². The lowest BCUT2D eigenvalue weighted by Crippen LogP contribution is -2.69. The predicted octanol–water partition coefficient (Wildman–Crippen LogP) is -3.62. The molecule has 0 aliphatic carbocycles. The summed E-state index contributed by atoms with van der Waals surface area (Å²) in [6.45, 7) is 0.172. The van der Waals surface area contributed by atoms with Crippen molar-refractivity contribution in [1.82, 2.24) is 0 Å². The van der Waals surface area contributed by atoms with Crippen LogP contribution in [0.4, 0.5) is 0 Å². The average molecular weight is 412 g/mol. The van der Waals surface area contributed by atoms with E-state index in [1.165, 1.54) is 0 Å². The fourth-order valence-corrected chi connectivity index (χ4v) is 3.53. The Morgan fingerprint density at radius 1 is 1.11 bits per heavy atom. The number of carboxylic acid groups (broad SMARTS) is 1. The molecular weight excluding hydrogens is 384 g/mol. The summed E-state index contributed by atoms with van der Waals surface area (Å²) in [4.78, 5) is 11.4. The molecule has 0 aromatic carbocycles. The summed E-state index contributed by atoms with van der Waals surface area (Å²) in [5.41, 5.74) is -2.34. The van der Waals surface area contributed by atoms with Gasteiger partial charge in [0.15, 0.2) is 24.3 Å². The summed E-state index contributed by atoms with van der Waals surface area (Å²) >= 11 is 0. The Morgan fingerprint density at radius 2 is 1.75 bits per heavy atom. The number of rotatable bonds is 7. The van der Waals surface area contributed by atoms with Gasteiger partial charge in [-0.15, -0.1) is 0 Å². The Morgan fingerprint density at radius 3 is 2.25 bits per heavy atom. The van der Waals surface area contributed by atoms with E-state index in [9.17, 15) is 40.5 Å². The monoisotopic (exact) mass is 412 g/mol. The summed E-state index contributed by atoms with van der Waals surface area (Å²) in [6, 6.07) is 0. The fraction of sp³-hybridized carbons (Fsp3) is 0.938. The Labute approximate surface area is 160 Å². The van der Waals surface area contributed by atoms with Crippen molar-refractivity contribution in [1.29, 1.82) is 0 Å². The number of carbonyl (C=O) groups is 1. The summed E-state index contributed by atoms with van der Waals surface area (Å²) in [5, 5.41) is 69.9. The van der Waals surface area contributed by atoms with Crippen molar-refractivity contribution in [2.45, 2.75) is 68.1 Å². The molecule has 0 radical (unpaired) electrons. The zero-order valence-corrected chi connectivity index (χ0v) is 15.5. The van der Waals surface area contributed by atoms with E-state index in [-0.39, 0.29) is 6.42 Å². The van der Waals surface area contributed by atoms with Crippen molar-refractivity contribution in [2.24, 2.45) is 5.92 Å². The summed E-state index contributed by atoms with van der Waals surface area (Å²) in [7, 11) is 1.15. The molecule has 0 amide bonds.